The summed E-state index contributed by atoms with van der Waals surface area (Å²) >= 11 is 0. The van der Waals surface area contributed by atoms with Gasteiger partial charge >= 0.3 is 0 Å². The molecule has 1 N–H and O–H groups in total. The van der Waals surface area contributed by atoms with Crippen LogP contribution in [0, 0.1) is 11.3 Å². The summed E-state index contributed by atoms with van der Waals surface area (Å²) in [6.07, 6.45) is 3.15. The standard InChI is InChI=1S/C11H21N3/c1-3-7-14-8-5-11(10-12,6-9-14)13-4-2/h13H,3-9H2,1-2H3. The second-order valence-corrected chi connectivity index (χ2v) is 4.07. The minimum atomic E-state index is -0.237. The van der Waals surface area contributed by atoms with E-state index >= 15 is 0 Å². The minimum absolute atomic E-state index is 0.237. The first-order valence-electron chi connectivity index (χ1n) is 5.65. The van der Waals surface area contributed by atoms with Crippen molar-refractivity contribution >= 4 is 0 Å². The Labute approximate surface area is 87.1 Å². The number of nitrogens with zero attached hydrogens (tertiary/aromatic N) is 2. The third kappa shape index (κ3) is 2.70. The van der Waals surface area contributed by atoms with Crippen LogP contribution in [0.15, 0.2) is 0 Å². The van der Waals surface area contributed by atoms with Gasteiger partial charge < -0.3 is 4.90 Å². The predicted molar refractivity (Wildman–Crippen MR) is 58.0 cm³/mol. The summed E-state index contributed by atoms with van der Waals surface area (Å²) in [4.78, 5) is 2.45. The Morgan fingerprint density at radius 2 is 2.00 bits per heavy atom. The highest BCUT2D eigenvalue weighted by Gasteiger charge is 2.33. The molecule has 1 aliphatic rings. The predicted octanol–water partition coefficient (Wildman–Crippen LogP) is 1.36. The fraction of sp³-hybridized carbons (Fsp3) is 0.909. The van der Waals surface area contributed by atoms with Gasteiger partial charge in [0.15, 0.2) is 0 Å². The van der Waals surface area contributed by atoms with E-state index < -0.39 is 0 Å². The van der Waals surface area contributed by atoms with Crippen LogP contribution in [-0.4, -0.2) is 36.6 Å². The number of nitrogens with one attached hydrogen (secondary N) is 1. The Morgan fingerprint density at radius 1 is 1.36 bits per heavy atom. The molecule has 0 amide bonds. The molecule has 3 nitrogen and oxygen atoms in total. The van der Waals surface area contributed by atoms with E-state index in [2.05, 4.69) is 30.1 Å². The minimum Gasteiger partial charge on any atom is -0.303 e. The lowest BCUT2D eigenvalue weighted by molar-refractivity contribution is 0.168. The average molecular weight is 195 g/mol. The number of hydrogen-bond acceptors (Lipinski definition) is 3. The maximum absolute atomic E-state index is 9.16. The van der Waals surface area contributed by atoms with Gasteiger partial charge in [-0.1, -0.05) is 13.8 Å². The molecule has 1 rings (SSSR count). The molecule has 0 aliphatic carbocycles. The lowest BCUT2D eigenvalue weighted by Gasteiger charge is -2.37. The molecular formula is C11H21N3. The molecule has 0 aromatic rings. The van der Waals surface area contributed by atoms with Gasteiger partial charge in [-0.15, -0.1) is 0 Å². The number of piperidine rings is 1. The van der Waals surface area contributed by atoms with Crippen LogP contribution in [-0.2, 0) is 0 Å². The zero-order valence-corrected chi connectivity index (χ0v) is 9.34. The zero-order chi connectivity index (χ0) is 10.4. The highest BCUT2D eigenvalue weighted by Crippen LogP contribution is 2.21. The molecule has 1 heterocycles. The van der Waals surface area contributed by atoms with Crippen LogP contribution in [0.5, 0.6) is 0 Å². The highest BCUT2D eigenvalue weighted by molar-refractivity contribution is 5.09. The van der Waals surface area contributed by atoms with Gasteiger partial charge in [-0.3, -0.25) is 5.32 Å². The first-order chi connectivity index (χ1) is 6.76. The molecule has 3 heteroatoms. The molecule has 0 bridgehead atoms. The van der Waals surface area contributed by atoms with Crippen molar-refractivity contribution in [1.29, 1.82) is 5.26 Å². The quantitative estimate of drug-likeness (QED) is 0.736. The Hall–Kier alpha value is -0.590. The molecular weight excluding hydrogens is 174 g/mol. The van der Waals surface area contributed by atoms with Gasteiger partial charge in [0.05, 0.1) is 6.07 Å². The zero-order valence-electron chi connectivity index (χ0n) is 9.34. The van der Waals surface area contributed by atoms with Gasteiger partial charge in [0, 0.05) is 13.1 Å². The maximum Gasteiger partial charge on any atom is 0.109 e. The van der Waals surface area contributed by atoms with Crippen molar-refractivity contribution in [1.82, 2.24) is 10.2 Å². The lowest BCUT2D eigenvalue weighted by atomic mass is 9.89. The summed E-state index contributed by atoms with van der Waals surface area (Å²) in [7, 11) is 0. The molecule has 14 heavy (non-hydrogen) atoms. The molecule has 0 unspecified atom stereocenters. The Bertz CT molecular complexity index is 199. The summed E-state index contributed by atoms with van der Waals surface area (Å²) in [5, 5.41) is 12.5. The molecule has 0 saturated carbocycles. The van der Waals surface area contributed by atoms with E-state index in [1.54, 1.807) is 0 Å². The van der Waals surface area contributed by atoms with Crippen molar-refractivity contribution in [2.24, 2.45) is 0 Å². The van der Waals surface area contributed by atoms with Crippen molar-refractivity contribution in [3.63, 3.8) is 0 Å². The molecule has 80 valence electrons. The lowest BCUT2D eigenvalue weighted by Crippen LogP contribution is -2.52. The third-order valence-corrected chi connectivity index (χ3v) is 2.98. The van der Waals surface area contributed by atoms with Crippen LogP contribution < -0.4 is 5.32 Å². The van der Waals surface area contributed by atoms with Gasteiger partial charge in [0.1, 0.15) is 5.54 Å². The molecule has 0 radical (unpaired) electrons. The smallest absolute Gasteiger partial charge is 0.109 e. The first-order valence-corrected chi connectivity index (χ1v) is 5.65. The number of likely N-dealkylation sites (tertiary alicyclic amines) is 1. The van der Waals surface area contributed by atoms with Crippen LogP contribution in [0.4, 0.5) is 0 Å². The number of rotatable bonds is 4. The van der Waals surface area contributed by atoms with Crippen LogP contribution in [0.3, 0.4) is 0 Å². The molecule has 0 atom stereocenters. The van der Waals surface area contributed by atoms with Crippen molar-refractivity contribution in [2.75, 3.05) is 26.2 Å². The van der Waals surface area contributed by atoms with E-state index in [-0.39, 0.29) is 5.54 Å². The first kappa shape index (κ1) is 11.5. The molecule has 0 spiro atoms. The summed E-state index contributed by atoms with van der Waals surface area (Å²) in [6, 6.07) is 2.44. The second-order valence-electron chi connectivity index (χ2n) is 4.07. The number of nitriles is 1. The largest absolute Gasteiger partial charge is 0.303 e. The van der Waals surface area contributed by atoms with E-state index in [0.717, 1.165) is 32.5 Å². The average Bonchev–Trinajstić information content (AvgIpc) is 2.22. The SMILES string of the molecule is CCCN1CCC(C#N)(NCC)CC1. The van der Waals surface area contributed by atoms with Crippen LogP contribution in [0.2, 0.25) is 0 Å². The van der Waals surface area contributed by atoms with Gasteiger partial charge in [-0.2, -0.15) is 5.26 Å². The van der Waals surface area contributed by atoms with Gasteiger partial charge in [0.2, 0.25) is 0 Å². The van der Waals surface area contributed by atoms with Crippen LogP contribution in [0.1, 0.15) is 33.1 Å². The van der Waals surface area contributed by atoms with Gasteiger partial charge in [0.25, 0.3) is 0 Å². The van der Waals surface area contributed by atoms with Gasteiger partial charge in [-0.25, -0.2) is 0 Å². The van der Waals surface area contributed by atoms with Crippen LogP contribution >= 0.6 is 0 Å². The Morgan fingerprint density at radius 3 is 2.43 bits per heavy atom. The molecule has 1 saturated heterocycles. The molecule has 1 aliphatic heterocycles. The highest BCUT2D eigenvalue weighted by atomic mass is 15.1. The third-order valence-electron chi connectivity index (χ3n) is 2.98. The second kappa shape index (κ2) is 5.33. The van der Waals surface area contributed by atoms with E-state index in [9.17, 15) is 0 Å². The van der Waals surface area contributed by atoms with Crippen molar-refractivity contribution in [2.45, 2.75) is 38.6 Å². The topological polar surface area (TPSA) is 39.1 Å². The molecule has 1 fully saturated rings. The fourth-order valence-electron chi connectivity index (χ4n) is 2.14. The van der Waals surface area contributed by atoms with Crippen molar-refractivity contribution in [3.05, 3.63) is 0 Å². The van der Waals surface area contributed by atoms with E-state index in [4.69, 9.17) is 5.26 Å². The van der Waals surface area contributed by atoms with E-state index in [1.807, 2.05) is 0 Å². The Kier molecular flexibility index (Phi) is 4.37. The molecule has 0 aromatic heterocycles. The monoisotopic (exact) mass is 195 g/mol. The maximum atomic E-state index is 9.16. The van der Waals surface area contributed by atoms with E-state index in [0.29, 0.717) is 0 Å². The van der Waals surface area contributed by atoms with Crippen molar-refractivity contribution < 1.29 is 0 Å². The normalized spacial score (nSPS) is 21.8. The molecule has 0 aromatic carbocycles. The Balaban J connectivity index is 2.43. The van der Waals surface area contributed by atoms with Crippen LogP contribution in [0.25, 0.3) is 0 Å². The number of hydrogen-bond donors (Lipinski definition) is 1. The van der Waals surface area contributed by atoms with Gasteiger partial charge in [-0.05, 0) is 32.4 Å². The fourth-order valence-corrected chi connectivity index (χ4v) is 2.14. The summed E-state index contributed by atoms with van der Waals surface area (Å²) in [5.74, 6) is 0. The van der Waals surface area contributed by atoms with Crippen molar-refractivity contribution in [3.8, 4) is 6.07 Å². The summed E-state index contributed by atoms with van der Waals surface area (Å²) < 4.78 is 0. The summed E-state index contributed by atoms with van der Waals surface area (Å²) in [6.45, 7) is 8.46. The summed E-state index contributed by atoms with van der Waals surface area (Å²) in [5.41, 5.74) is -0.237. The van der Waals surface area contributed by atoms with E-state index in [1.165, 1.54) is 13.0 Å².